The second kappa shape index (κ2) is 25.0. The summed E-state index contributed by atoms with van der Waals surface area (Å²) in [5, 5.41) is 22.3. The highest BCUT2D eigenvalue weighted by Crippen LogP contribution is 2.32. The fourth-order valence-corrected chi connectivity index (χ4v) is 7.01. The van der Waals surface area contributed by atoms with E-state index in [-0.39, 0.29) is 30.6 Å². The number of guanidine groups is 1. The predicted molar refractivity (Wildman–Crippen MR) is 259 cm³/mol. The van der Waals surface area contributed by atoms with E-state index >= 15 is 0 Å². The third-order valence-electron chi connectivity index (χ3n) is 10.1. The van der Waals surface area contributed by atoms with Crippen molar-refractivity contribution in [3.05, 3.63) is 94.6 Å². The van der Waals surface area contributed by atoms with Crippen molar-refractivity contribution in [2.45, 2.75) is 60.3 Å². The van der Waals surface area contributed by atoms with Crippen LogP contribution in [0.1, 0.15) is 73.3 Å². The Morgan fingerprint density at radius 3 is 2.03 bits per heavy atom. The third kappa shape index (κ3) is 12.9. The van der Waals surface area contributed by atoms with E-state index in [1.165, 1.54) is 20.2 Å². The average molecular weight is 923 g/mol. The predicted octanol–water partition coefficient (Wildman–Crippen LogP) is 3.46. The normalized spacial score (nSPS) is 11.0. The van der Waals surface area contributed by atoms with Crippen LogP contribution in [0.3, 0.4) is 0 Å². The summed E-state index contributed by atoms with van der Waals surface area (Å²) in [6.45, 7) is 11.1. The number of aldehydes is 2. The van der Waals surface area contributed by atoms with E-state index in [1.807, 2.05) is 56.6 Å². The van der Waals surface area contributed by atoms with Gasteiger partial charge in [0, 0.05) is 57.4 Å². The number of nitrogens with one attached hydrogen (secondary N) is 3. The van der Waals surface area contributed by atoms with E-state index < -0.39 is 11.8 Å². The maximum Gasteiger partial charge on any atom is 0.276 e. The number of nitrogens with two attached hydrogens (primary N) is 4. The molecule has 0 fully saturated rings. The largest absolute Gasteiger partial charge is 0.494 e. The molecule has 0 atom stereocenters. The molecular weight excluding hydrogens is 861 g/mol. The quantitative estimate of drug-likeness (QED) is 0.0235. The second-order valence-corrected chi connectivity index (χ2v) is 14.6. The van der Waals surface area contributed by atoms with E-state index in [1.54, 1.807) is 56.2 Å². The number of ether oxygens (including phenoxy) is 2. The van der Waals surface area contributed by atoms with Gasteiger partial charge in [-0.05, 0) is 90.2 Å². The fraction of sp³-hybridized carbons (Fsp3) is 0.356. The average Bonchev–Trinajstić information content (AvgIpc) is 4.10. The Morgan fingerprint density at radius 2 is 1.45 bits per heavy atom. The highest BCUT2D eigenvalue weighted by Gasteiger charge is 2.22. The molecular formula is C45H62N16O6. The molecule has 22 heteroatoms. The summed E-state index contributed by atoms with van der Waals surface area (Å²) in [7, 11) is 4.73. The van der Waals surface area contributed by atoms with Crippen LogP contribution in [0.15, 0.2) is 60.7 Å². The smallest absolute Gasteiger partial charge is 0.276 e. The van der Waals surface area contributed by atoms with Crippen LogP contribution in [0.2, 0.25) is 0 Å². The molecule has 0 spiro atoms. The zero-order valence-electron chi connectivity index (χ0n) is 39.1. The molecule has 4 heterocycles. The zero-order valence-corrected chi connectivity index (χ0v) is 39.1. The van der Waals surface area contributed by atoms with Crippen LogP contribution in [0, 0.1) is 19.3 Å². The number of primary amides is 1. The molecule has 0 unspecified atom stereocenters. The second-order valence-electron chi connectivity index (χ2n) is 14.6. The van der Waals surface area contributed by atoms with Gasteiger partial charge in [-0.1, -0.05) is 18.2 Å². The van der Waals surface area contributed by atoms with E-state index in [4.69, 9.17) is 37.1 Å². The molecule has 2 amide bonds. The standard InChI is InChI=1S/C37H47N13O5.C7H10N2O.CH5N/c1-5-50-28(17-23(2)46-50)34(53)45-37-44-27-20-25(33(39)52)21-29(54-4)31(27)49(37)15-7-6-14-48-32-26(43-36(48)42-3)18-24(22-51)19-30(32)55-16-9-8-12-47(35(40)41)13-10-11-38;1-3-9-7(5-10)4-6(2)8-9;1-2/h6-9,17-22H,5,10-16,38H2,1-4H3,(H2,39,52)(H3,40,41)(H,42,43)(H,44,45,53);4-5H,3H2,1-2H3;2H2,1H3/b7-6+,9-8+;;. The van der Waals surface area contributed by atoms with Gasteiger partial charge in [0.1, 0.15) is 46.8 Å². The number of aromatic nitrogens is 8. The van der Waals surface area contributed by atoms with Gasteiger partial charge in [0.15, 0.2) is 12.2 Å². The number of benzene rings is 2. The van der Waals surface area contributed by atoms with Crippen molar-refractivity contribution >= 4 is 64.3 Å². The molecule has 0 aliphatic rings. The van der Waals surface area contributed by atoms with Crippen molar-refractivity contribution in [1.82, 2.24) is 43.6 Å². The lowest BCUT2D eigenvalue weighted by Crippen LogP contribution is -2.37. The SMILES string of the molecule is CCn1nc(C)cc1C(=O)Nc1nc2cc(C(N)=O)cc(OC)c2n1C/C=C/Cn1c(NC)nc2cc(C=O)cc(OC/C=C/CN(CCCN)C(=N)N)c21.CCn1nc(C)cc1C=O.CN. The highest BCUT2D eigenvalue weighted by molar-refractivity contribution is 6.04. The van der Waals surface area contributed by atoms with Crippen molar-refractivity contribution in [2.24, 2.45) is 22.9 Å². The first kappa shape index (κ1) is 51.8. The summed E-state index contributed by atoms with van der Waals surface area (Å²) in [5.41, 5.74) is 26.8. The van der Waals surface area contributed by atoms with Crippen molar-refractivity contribution in [3.8, 4) is 11.5 Å². The van der Waals surface area contributed by atoms with Gasteiger partial charge in [0.25, 0.3) is 5.91 Å². The number of methoxy groups -OCH3 is 1. The number of aryl methyl sites for hydroxylation is 4. The van der Waals surface area contributed by atoms with Crippen LogP contribution in [0.25, 0.3) is 22.1 Å². The Labute approximate surface area is 388 Å². The minimum atomic E-state index is -0.645. The lowest BCUT2D eigenvalue weighted by atomic mass is 10.1. The number of rotatable bonds is 21. The molecule has 67 heavy (non-hydrogen) atoms. The molecule has 4 aromatic heterocycles. The van der Waals surface area contributed by atoms with Crippen LogP contribution < -0.4 is 43.0 Å². The van der Waals surface area contributed by atoms with Crippen LogP contribution in [0.4, 0.5) is 11.9 Å². The Bertz CT molecular complexity index is 2730. The third-order valence-corrected chi connectivity index (χ3v) is 10.1. The summed E-state index contributed by atoms with van der Waals surface area (Å²) in [5.74, 6) is 0.501. The van der Waals surface area contributed by atoms with Crippen LogP contribution in [-0.2, 0) is 26.2 Å². The Kier molecular flexibility index (Phi) is 19.3. The Morgan fingerprint density at radius 1 is 0.821 bits per heavy atom. The maximum absolute atomic E-state index is 13.5. The molecule has 0 saturated carbocycles. The number of amides is 2. The van der Waals surface area contributed by atoms with E-state index in [0.29, 0.717) is 101 Å². The molecule has 0 bridgehead atoms. The van der Waals surface area contributed by atoms with Crippen molar-refractivity contribution < 1.29 is 28.7 Å². The topological polar surface area (TPSA) is 313 Å². The lowest BCUT2D eigenvalue weighted by Gasteiger charge is -2.20. The Hall–Kier alpha value is -7.85. The van der Waals surface area contributed by atoms with Gasteiger partial charge in [-0.15, -0.1) is 0 Å². The molecule has 0 radical (unpaired) electrons. The number of carbonyl (C=O) groups is 4. The molecule has 11 N–H and O–H groups in total. The van der Waals surface area contributed by atoms with Crippen molar-refractivity contribution in [2.75, 3.05) is 58.1 Å². The molecule has 0 aliphatic heterocycles. The summed E-state index contributed by atoms with van der Waals surface area (Å²) in [4.78, 5) is 58.9. The number of imidazole rings is 2. The van der Waals surface area contributed by atoms with Crippen molar-refractivity contribution in [1.29, 1.82) is 5.41 Å². The Balaban J connectivity index is 0.000000715. The van der Waals surface area contributed by atoms with Gasteiger partial charge in [-0.2, -0.15) is 10.2 Å². The molecule has 2 aromatic carbocycles. The summed E-state index contributed by atoms with van der Waals surface area (Å²) in [6, 6.07) is 9.93. The lowest BCUT2D eigenvalue weighted by molar-refractivity contribution is 0.0995. The molecule has 358 valence electrons. The molecule has 0 saturated heterocycles. The monoisotopic (exact) mass is 923 g/mol. The summed E-state index contributed by atoms with van der Waals surface area (Å²) < 4.78 is 18.8. The highest BCUT2D eigenvalue weighted by atomic mass is 16.5. The summed E-state index contributed by atoms with van der Waals surface area (Å²) in [6.07, 6.45) is 9.78. The van der Waals surface area contributed by atoms with Gasteiger partial charge in [0.05, 0.1) is 29.5 Å². The van der Waals surface area contributed by atoms with Crippen molar-refractivity contribution in [3.63, 3.8) is 0 Å². The minimum absolute atomic E-state index is 0.0373. The maximum atomic E-state index is 13.5. The number of hydrogen-bond acceptors (Lipinski definition) is 14. The van der Waals surface area contributed by atoms with Gasteiger partial charge >= 0.3 is 0 Å². The number of fused-ring (bicyclic) bond motifs is 2. The zero-order chi connectivity index (χ0) is 49.2. The van der Waals surface area contributed by atoms with Crippen LogP contribution in [0.5, 0.6) is 11.5 Å². The van der Waals surface area contributed by atoms with Gasteiger partial charge in [-0.3, -0.25) is 39.3 Å². The number of nitrogens with zero attached hydrogens (tertiary/aromatic N) is 9. The molecule has 22 nitrogen and oxygen atoms in total. The minimum Gasteiger partial charge on any atom is -0.494 e. The summed E-state index contributed by atoms with van der Waals surface area (Å²) >= 11 is 0. The van der Waals surface area contributed by atoms with E-state index in [9.17, 15) is 19.2 Å². The number of anilines is 2. The first-order valence-corrected chi connectivity index (χ1v) is 21.5. The molecule has 6 rings (SSSR count). The fourth-order valence-electron chi connectivity index (χ4n) is 7.01. The first-order valence-electron chi connectivity index (χ1n) is 21.5. The van der Waals surface area contributed by atoms with E-state index in [0.717, 1.165) is 24.8 Å². The molecule has 0 aliphatic carbocycles. The van der Waals surface area contributed by atoms with Crippen LogP contribution in [-0.4, -0.2) is 121 Å². The van der Waals surface area contributed by atoms with Crippen LogP contribution >= 0.6 is 0 Å². The number of allylic oxidation sites excluding steroid dienone is 2. The van der Waals surface area contributed by atoms with E-state index in [2.05, 4.69) is 31.5 Å². The van der Waals surface area contributed by atoms with Gasteiger partial charge in [-0.25, -0.2) is 9.97 Å². The first-order chi connectivity index (χ1) is 32.3. The number of carbonyl (C=O) groups excluding carboxylic acids is 4. The number of hydrogen-bond donors (Lipinski definition) is 7. The van der Waals surface area contributed by atoms with Gasteiger partial charge in [0.2, 0.25) is 17.8 Å². The van der Waals surface area contributed by atoms with Gasteiger partial charge < -0.3 is 51.8 Å². The molecule has 6 aromatic rings.